The van der Waals surface area contributed by atoms with E-state index in [4.69, 9.17) is 4.74 Å². The smallest absolute Gasteiger partial charge is 0.410 e. The summed E-state index contributed by atoms with van der Waals surface area (Å²) >= 11 is 0. The molecule has 132 valence electrons. The molecule has 1 fully saturated rings. The second-order valence-electron chi connectivity index (χ2n) is 6.95. The number of carboxylic acids is 1. The van der Waals surface area contributed by atoms with E-state index in [0.29, 0.717) is 13.1 Å². The Balaban J connectivity index is 2.11. The molecule has 1 N–H and O–H groups in total. The van der Waals surface area contributed by atoms with Gasteiger partial charge in [-0.25, -0.2) is 4.79 Å². The van der Waals surface area contributed by atoms with Crippen molar-refractivity contribution >= 4 is 12.1 Å². The van der Waals surface area contributed by atoms with Crippen molar-refractivity contribution in [2.45, 2.75) is 45.4 Å². The quantitative estimate of drug-likeness (QED) is 0.911. The summed E-state index contributed by atoms with van der Waals surface area (Å²) in [7, 11) is 0. The number of hydrogen-bond acceptors (Lipinski definition) is 5. The summed E-state index contributed by atoms with van der Waals surface area (Å²) in [4.78, 5) is 31.6. The SMILES string of the molecule is C[C@H](c1ccccn1)N1CCN(C(=O)OC(C)(C)C)C[C@@H]1C(=O)O. The highest BCUT2D eigenvalue weighted by molar-refractivity contribution is 5.76. The molecule has 0 bridgehead atoms. The molecule has 2 atom stereocenters. The van der Waals surface area contributed by atoms with E-state index in [1.807, 2.05) is 30.0 Å². The highest BCUT2D eigenvalue weighted by Crippen LogP contribution is 2.24. The highest BCUT2D eigenvalue weighted by Gasteiger charge is 2.38. The maximum atomic E-state index is 12.2. The van der Waals surface area contributed by atoms with E-state index in [9.17, 15) is 14.7 Å². The summed E-state index contributed by atoms with van der Waals surface area (Å²) in [5.41, 5.74) is 0.211. The van der Waals surface area contributed by atoms with Gasteiger partial charge in [0.05, 0.1) is 18.3 Å². The lowest BCUT2D eigenvalue weighted by Gasteiger charge is -2.42. The molecule has 1 aromatic rings. The van der Waals surface area contributed by atoms with Crippen LogP contribution < -0.4 is 0 Å². The zero-order valence-electron chi connectivity index (χ0n) is 14.6. The first kappa shape index (κ1) is 18.2. The van der Waals surface area contributed by atoms with E-state index in [0.717, 1.165) is 5.69 Å². The molecule has 1 aliphatic rings. The zero-order valence-corrected chi connectivity index (χ0v) is 14.6. The van der Waals surface area contributed by atoms with Crippen molar-refractivity contribution in [3.8, 4) is 0 Å². The molecule has 0 aromatic carbocycles. The van der Waals surface area contributed by atoms with Crippen LogP contribution in [0.1, 0.15) is 39.4 Å². The van der Waals surface area contributed by atoms with Gasteiger partial charge in [-0.1, -0.05) is 6.07 Å². The van der Waals surface area contributed by atoms with Crippen molar-refractivity contribution < 1.29 is 19.4 Å². The van der Waals surface area contributed by atoms with Gasteiger partial charge in [-0.3, -0.25) is 14.7 Å². The monoisotopic (exact) mass is 335 g/mol. The van der Waals surface area contributed by atoms with Gasteiger partial charge < -0.3 is 14.7 Å². The molecule has 0 saturated carbocycles. The number of amides is 1. The minimum Gasteiger partial charge on any atom is -0.480 e. The van der Waals surface area contributed by atoms with Gasteiger partial charge in [0.25, 0.3) is 0 Å². The Labute approximate surface area is 142 Å². The Hall–Kier alpha value is -2.15. The lowest BCUT2D eigenvalue weighted by Crippen LogP contribution is -2.58. The predicted molar refractivity (Wildman–Crippen MR) is 88.6 cm³/mol. The third-order valence-corrected chi connectivity index (χ3v) is 3.97. The number of ether oxygens (including phenoxy) is 1. The van der Waals surface area contributed by atoms with Crippen LogP contribution in [0.5, 0.6) is 0 Å². The summed E-state index contributed by atoms with van der Waals surface area (Å²) in [5.74, 6) is -0.953. The number of nitrogens with zero attached hydrogens (tertiary/aromatic N) is 3. The maximum Gasteiger partial charge on any atom is 0.410 e. The van der Waals surface area contributed by atoms with Gasteiger partial charge >= 0.3 is 12.1 Å². The highest BCUT2D eigenvalue weighted by atomic mass is 16.6. The first-order valence-electron chi connectivity index (χ1n) is 8.06. The van der Waals surface area contributed by atoms with Gasteiger partial charge in [0.1, 0.15) is 11.6 Å². The first-order chi connectivity index (χ1) is 11.2. The van der Waals surface area contributed by atoms with Crippen LogP contribution in [-0.2, 0) is 9.53 Å². The van der Waals surface area contributed by atoms with E-state index in [1.54, 1.807) is 27.0 Å². The van der Waals surface area contributed by atoms with Gasteiger partial charge in [0.15, 0.2) is 0 Å². The molecule has 1 amide bonds. The molecule has 1 aliphatic heterocycles. The largest absolute Gasteiger partial charge is 0.480 e. The van der Waals surface area contributed by atoms with Crippen LogP contribution in [0.2, 0.25) is 0 Å². The van der Waals surface area contributed by atoms with E-state index >= 15 is 0 Å². The number of carbonyl (C=O) groups is 2. The Bertz CT molecular complexity index is 585. The molecule has 7 nitrogen and oxygen atoms in total. The molecular formula is C17H25N3O4. The van der Waals surface area contributed by atoms with Crippen LogP contribution in [0, 0.1) is 0 Å². The van der Waals surface area contributed by atoms with E-state index in [1.165, 1.54) is 4.90 Å². The summed E-state index contributed by atoms with van der Waals surface area (Å²) in [5, 5.41) is 9.60. The number of piperazine rings is 1. The lowest BCUT2D eigenvalue weighted by atomic mass is 10.1. The third kappa shape index (κ3) is 4.44. The number of rotatable bonds is 3. The second-order valence-corrected chi connectivity index (χ2v) is 6.95. The molecule has 0 unspecified atom stereocenters. The van der Waals surface area contributed by atoms with Crippen LogP contribution in [0.4, 0.5) is 4.79 Å². The standard InChI is InChI=1S/C17H25N3O4/c1-12(13-7-5-6-8-18-13)20-10-9-19(11-14(20)15(21)22)16(23)24-17(2,3)4/h5-8,12,14H,9-11H2,1-4H3,(H,21,22)/t12-,14-/m1/s1. The minimum atomic E-state index is -0.953. The first-order valence-corrected chi connectivity index (χ1v) is 8.06. The minimum absolute atomic E-state index is 0.0986. The maximum absolute atomic E-state index is 12.2. The Morgan fingerprint density at radius 2 is 2.04 bits per heavy atom. The fourth-order valence-corrected chi connectivity index (χ4v) is 2.77. The molecule has 2 rings (SSSR count). The molecule has 7 heteroatoms. The molecule has 24 heavy (non-hydrogen) atoms. The average Bonchev–Trinajstić information content (AvgIpc) is 2.52. The number of carboxylic acid groups (broad SMARTS) is 1. The number of aromatic nitrogens is 1. The Morgan fingerprint density at radius 1 is 1.33 bits per heavy atom. The van der Waals surface area contributed by atoms with Crippen molar-refractivity contribution in [3.05, 3.63) is 30.1 Å². The number of aliphatic carboxylic acids is 1. The molecule has 0 radical (unpaired) electrons. The van der Waals surface area contributed by atoms with E-state index in [2.05, 4.69) is 4.98 Å². The molecule has 1 saturated heterocycles. The topological polar surface area (TPSA) is 83.0 Å². The predicted octanol–water partition coefficient (Wildman–Crippen LogP) is 2.15. The molecule has 1 aromatic heterocycles. The summed E-state index contributed by atoms with van der Waals surface area (Å²) < 4.78 is 5.35. The summed E-state index contributed by atoms with van der Waals surface area (Å²) in [6.07, 6.45) is 1.22. The van der Waals surface area contributed by atoms with Crippen LogP contribution in [0.3, 0.4) is 0 Å². The van der Waals surface area contributed by atoms with Gasteiger partial charge in [0.2, 0.25) is 0 Å². The van der Waals surface area contributed by atoms with Crippen molar-refractivity contribution in [2.75, 3.05) is 19.6 Å². The van der Waals surface area contributed by atoms with Crippen molar-refractivity contribution in [1.82, 2.24) is 14.8 Å². The van der Waals surface area contributed by atoms with Crippen LogP contribution >= 0.6 is 0 Å². The van der Waals surface area contributed by atoms with Gasteiger partial charge in [0, 0.05) is 19.3 Å². The normalized spacial score (nSPS) is 20.5. The number of pyridine rings is 1. The second kappa shape index (κ2) is 7.17. The van der Waals surface area contributed by atoms with Crippen molar-refractivity contribution in [1.29, 1.82) is 0 Å². The Morgan fingerprint density at radius 3 is 2.58 bits per heavy atom. The fraction of sp³-hybridized carbons (Fsp3) is 0.588. The lowest BCUT2D eigenvalue weighted by molar-refractivity contribution is -0.147. The Kier molecular flexibility index (Phi) is 5.43. The van der Waals surface area contributed by atoms with E-state index in [-0.39, 0.29) is 12.6 Å². The zero-order chi connectivity index (χ0) is 17.9. The van der Waals surface area contributed by atoms with Crippen molar-refractivity contribution in [2.24, 2.45) is 0 Å². The number of hydrogen-bond donors (Lipinski definition) is 1. The molecule has 0 spiro atoms. The van der Waals surface area contributed by atoms with Crippen molar-refractivity contribution in [3.63, 3.8) is 0 Å². The fourth-order valence-electron chi connectivity index (χ4n) is 2.77. The average molecular weight is 335 g/mol. The molecule has 0 aliphatic carbocycles. The summed E-state index contributed by atoms with van der Waals surface area (Å²) in [6, 6.07) is 4.65. The van der Waals surface area contributed by atoms with Gasteiger partial charge in [-0.15, -0.1) is 0 Å². The third-order valence-electron chi connectivity index (χ3n) is 3.97. The molecular weight excluding hydrogens is 310 g/mol. The summed E-state index contributed by atoms with van der Waals surface area (Å²) in [6.45, 7) is 8.28. The number of carbonyl (C=O) groups excluding carboxylic acids is 1. The van der Waals surface area contributed by atoms with Crippen LogP contribution in [0.25, 0.3) is 0 Å². The van der Waals surface area contributed by atoms with Crippen LogP contribution in [-0.4, -0.2) is 63.2 Å². The molecule has 2 heterocycles. The van der Waals surface area contributed by atoms with Gasteiger partial charge in [-0.05, 0) is 39.8 Å². The van der Waals surface area contributed by atoms with Crippen LogP contribution in [0.15, 0.2) is 24.4 Å². The van der Waals surface area contributed by atoms with E-state index < -0.39 is 23.7 Å². The van der Waals surface area contributed by atoms with Gasteiger partial charge in [-0.2, -0.15) is 0 Å².